The molecule has 1 N–H and O–H groups in total. The number of benzene rings is 1. The summed E-state index contributed by atoms with van der Waals surface area (Å²) in [4.78, 5) is 9.05. The molecule has 3 rings (SSSR count). The minimum absolute atomic E-state index is 0.0860. The second kappa shape index (κ2) is 6.61. The van der Waals surface area contributed by atoms with E-state index in [9.17, 15) is 21.6 Å². The Hall–Kier alpha value is -2.59. The van der Waals surface area contributed by atoms with E-state index < -0.39 is 27.7 Å². The Morgan fingerprint density at radius 1 is 1.15 bits per heavy atom. The molecular formula is C16H13F3N2O4S. The third-order valence-electron chi connectivity index (χ3n) is 3.47. The Morgan fingerprint density at radius 2 is 1.85 bits per heavy atom. The maximum absolute atomic E-state index is 12.6. The first-order valence-electron chi connectivity index (χ1n) is 7.27. The largest absolute Gasteiger partial charge is 0.438 e. The summed E-state index contributed by atoms with van der Waals surface area (Å²) >= 11 is 0. The molecule has 0 amide bonds. The van der Waals surface area contributed by atoms with Crippen molar-refractivity contribution in [1.29, 1.82) is 0 Å². The average Bonchev–Trinajstić information content (AvgIpc) is 3.02. The van der Waals surface area contributed by atoms with Crippen LogP contribution in [0.5, 0.6) is 5.75 Å². The Morgan fingerprint density at radius 3 is 2.38 bits per heavy atom. The van der Waals surface area contributed by atoms with Gasteiger partial charge in [-0.3, -0.25) is 4.84 Å². The van der Waals surface area contributed by atoms with Crippen LogP contribution < -0.4 is 10.2 Å². The van der Waals surface area contributed by atoms with Crippen LogP contribution in [0.15, 0.2) is 59.6 Å². The highest BCUT2D eigenvalue weighted by molar-refractivity contribution is 7.90. The number of ether oxygens (including phenoxy) is 1. The molecule has 0 saturated carbocycles. The molecular weight excluding hydrogens is 373 g/mol. The second-order valence-corrected chi connectivity index (χ2v) is 7.46. The van der Waals surface area contributed by atoms with Gasteiger partial charge in [0.1, 0.15) is 11.9 Å². The second-order valence-electron chi connectivity index (χ2n) is 5.50. The smallest absolute Gasteiger partial charge is 0.416 e. The highest BCUT2D eigenvalue weighted by Crippen LogP contribution is 2.31. The third-order valence-corrected chi connectivity index (χ3v) is 4.47. The molecule has 0 radical (unpaired) electrons. The number of hydrogen-bond acceptors (Lipinski definition) is 6. The van der Waals surface area contributed by atoms with Crippen molar-refractivity contribution in [2.45, 2.75) is 17.3 Å². The van der Waals surface area contributed by atoms with Crippen molar-refractivity contribution >= 4 is 9.84 Å². The molecule has 1 aromatic heterocycles. The van der Waals surface area contributed by atoms with Crippen molar-refractivity contribution in [2.24, 2.45) is 0 Å². The van der Waals surface area contributed by atoms with Crippen LogP contribution >= 0.6 is 0 Å². The van der Waals surface area contributed by atoms with E-state index in [0.29, 0.717) is 5.56 Å². The van der Waals surface area contributed by atoms with Gasteiger partial charge in [0, 0.05) is 12.3 Å². The number of hydrogen-bond donors (Lipinski definition) is 1. The number of nitrogens with one attached hydrogen (secondary N) is 1. The number of pyridine rings is 1. The lowest BCUT2D eigenvalue weighted by Gasteiger charge is -2.10. The van der Waals surface area contributed by atoms with Crippen molar-refractivity contribution in [3.05, 3.63) is 65.7 Å². The standard InChI is InChI=1S/C16H13F3N2O4S/c1-26(22,23)15-7-6-12(9-20-15)24-14-8-13(25-21-14)10-2-4-11(5-3-10)16(17,18)19/h2-9,13,21H,1H3. The van der Waals surface area contributed by atoms with Crippen LogP contribution in [0.3, 0.4) is 0 Å². The van der Waals surface area contributed by atoms with E-state index >= 15 is 0 Å². The number of alkyl halides is 3. The van der Waals surface area contributed by atoms with Gasteiger partial charge in [-0.25, -0.2) is 18.9 Å². The van der Waals surface area contributed by atoms with Gasteiger partial charge in [0.15, 0.2) is 14.9 Å². The lowest BCUT2D eigenvalue weighted by Crippen LogP contribution is -2.12. The van der Waals surface area contributed by atoms with E-state index in [-0.39, 0.29) is 16.7 Å². The molecule has 0 fully saturated rings. The summed E-state index contributed by atoms with van der Waals surface area (Å²) < 4.78 is 65.9. The first-order chi connectivity index (χ1) is 12.1. The van der Waals surface area contributed by atoms with Crippen LogP contribution in [-0.2, 0) is 20.9 Å². The van der Waals surface area contributed by atoms with Gasteiger partial charge in [0.25, 0.3) is 0 Å². The molecule has 0 spiro atoms. The van der Waals surface area contributed by atoms with Gasteiger partial charge in [-0.05, 0) is 29.8 Å². The minimum atomic E-state index is -4.40. The predicted molar refractivity (Wildman–Crippen MR) is 84.5 cm³/mol. The summed E-state index contributed by atoms with van der Waals surface area (Å²) in [6.45, 7) is 0. The van der Waals surface area contributed by atoms with Gasteiger partial charge in [-0.2, -0.15) is 13.2 Å². The maximum atomic E-state index is 12.6. The molecule has 0 saturated heterocycles. The van der Waals surface area contributed by atoms with E-state index in [1.165, 1.54) is 36.5 Å². The SMILES string of the molecule is CS(=O)(=O)c1ccc(OC2=CC(c3ccc(C(F)(F)F)cc3)ON2)cn1. The Bertz CT molecular complexity index is 923. The zero-order valence-corrected chi connectivity index (χ0v) is 14.1. The van der Waals surface area contributed by atoms with E-state index in [1.807, 2.05) is 0 Å². The van der Waals surface area contributed by atoms with Crippen molar-refractivity contribution in [3.63, 3.8) is 0 Å². The molecule has 1 atom stereocenters. The highest BCUT2D eigenvalue weighted by Gasteiger charge is 2.30. The van der Waals surface area contributed by atoms with Crippen LogP contribution in [0.4, 0.5) is 13.2 Å². The van der Waals surface area contributed by atoms with Gasteiger partial charge in [-0.1, -0.05) is 12.1 Å². The first kappa shape index (κ1) is 18.2. The Kier molecular flexibility index (Phi) is 4.63. The fourth-order valence-electron chi connectivity index (χ4n) is 2.18. The Balaban J connectivity index is 1.70. The van der Waals surface area contributed by atoms with Gasteiger partial charge < -0.3 is 4.74 Å². The van der Waals surface area contributed by atoms with Crippen molar-refractivity contribution < 1.29 is 31.2 Å². The number of halogens is 3. The van der Waals surface area contributed by atoms with Gasteiger partial charge in [0.2, 0.25) is 5.88 Å². The molecule has 2 aromatic rings. The summed E-state index contributed by atoms with van der Waals surface area (Å²) in [5.74, 6) is 0.483. The molecule has 26 heavy (non-hydrogen) atoms. The maximum Gasteiger partial charge on any atom is 0.416 e. The van der Waals surface area contributed by atoms with Crippen LogP contribution in [-0.4, -0.2) is 19.7 Å². The van der Waals surface area contributed by atoms with E-state index in [0.717, 1.165) is 18.4 Å². The lowest BCUT2D eigenvalue weighted by molar-refractivity contribution is -0.137. The number of nitrogens with zero attached hydrogens (tertiary/aromatic N) is 1. The van der Waals surface area contributed by atoms with E-state index in [1.54, 1.807) is 0 Å². The summed E-state index contributed by atoms with van der Waals surface area (Å²) in [6, 6.07) is 7.30. The first-order valence-corrected chi connectivity index (χ1v) is 9.17. The molecule has 138 valence electrons. The van der Waals surface area contributed by atoms with Crippen molar-refractivity contribution in [1.82, 2.24) is 10.5 Å². The van der Waals surface area contributed by atoms with Crippen LogP contribution in [0.25, 0.3) is 0 Å². The summed E-state index contributed by atoms with van der Waals surface area (Å²) in [5, 5.41) is -0.0860. The van der Waals surface area contributed by atoms with Crippen molar-refractivity contribution in [3.8, 4) is 5.75 Å². The highest BCUT2D eigenvalue weighted by atomic mass is 32.2. The summed E-state index contributed by atoms with van der Waals surface area (Å²) in [6.07, 6.45) is -1.21. The third kappa shape index (κ3) is 4.14. The fraction of sp³-hybridized carbons (Fsp3) is 0.188. The molecule has 1 aliphatic heterocycles. The van der Waals surface area contributed by atoms with E-state index in [2.05, 4.69) is 10.5 Å². The van der Waals surface area contributed by atoms with Crippen molar-refractivity contribution in [2.75, 3.05) is 6.26 Å². The quantitative estimate of drug-likeness (QED) is 0.871. The van der Waals surface area contributed by atoms with Crippen LogP contribution in [0.1, 0.15) is 17.2 Å². The zero-order chi connectivity index (χ0) is 18.9. The average molecular weight is 386 g/mol. The predicted octanol–water partition coefficient (Wildman–Crippen LogP) is 3.00. The normalized spacial score (nSPS) is 17.5. The van der Waals surface area contributed by atoms with Gasteiger partial charge in [0.05, 0.1) is 11.8 Å². The molecule has 0 bridgehead atoms. The lowest BCUT2D eigenvalue weighted by atomic mass is 10.1. The number of sulfone groups is 1. The van der Waals surface area contributed by atoms with Crippen LogP contribution in [0, 0.1) is 0 Å². The fourth-order valence-corrected chi connectivity index (χ4v) is 2.74. The molecule has 0 aliphatic carbocycles. The van der Waals surface area contributed by atoms with Gasteiger partial charge >= 0.3 is 6.18 Å². The van der Waals surface area contributed by atoms with Gasteiger partial charge in [-0.15, -0.1) is 0 Å². The number of aromatic nitrogens is 1. The molecule has 6 nitrogen and oxygen atoms in total. The van der Waals surface area contributed by atoms with E-state index in [4.69, 9.17) is 9.57 Å². The number of hydroxylamine groups is 1. The molecule has 1 aliphatic rings. The summed E-state index contributed by atoms with van der Waals surface area (Å²) in [5.41, 5.74) is 2.28. The Labute approximate surface area is 147 Å². The zero-order valence-electron chi connectivity index (χ0n) is 13.3. The molecule has 10 heteroatoms. The monoisotopic (exact) mass is 386 g/mol. The number of rotatable bonds is 4. The summed E-state index contributed by atoms with van der Waals surface area (Å²) in [7, 11) is -3.41. The molecule has 1 unspecified atom stereocenters. The van der Waals surface area contributed by atoms with Crippen LogP contribution in [0.2, 0.25) is 0 Å². The molecule has 2 heterocycles. The minimum Gasteiger partial charge on any atom is -0.438 e. The topological polar surface area (TPSA) is 77.5 Å². The molecule has 1 aromatic carbocycles.